The number of amides is 1. The van der Waals surface area contributed by atoms with Gasteiger partial charge in [0.1, 0.15) is 17.6 Å². The van der Waals surface area contributed by atoms with Crippen LogP contribution < -0.4 is 10.2 Å². The van der Waals surface area contributed by atoms with Gasteiger partial charge >= 0.3 is 0 Å². The molecule has 0 bridgehead atoms. The van der Waals surface area contributed by atoms with Crippen LogP contribution in [0.4, 0.5) is 11.5 Å². The lowest BCUT2D eigenvalue weighted by Gasteiger charge is -2.34. The first-order chi connectivity index (χ1) is 13.6. The zero-order valence-corrected chi connectivity index (χ0v) is 16.7. The first-order valence-electron chi connectivity index (χ1n) is 9.11. The summed E-state index contributed by atoms with van der Waals surface area (Å²) >= 11 is 3.34. The fraction of sp³-hybridized carbons (Fsp3) is 0.238. The van der Waals surface area contributed by atoms with Crippen molar-refractivity contribution in [3.8, 4) is 6.07 Å². The van der Waals surface area contributed by atoms with Crippen LogP contribution >= 0.6 is 15.9 Å². The Bertz CT molecular complexity index is 1060. The summed E-state index contributed by atoms with van der Waals surface area (Å²) in [6, 6.07) is 15.4. The second kappa shape index (κ2) is 7.95. The molecule has 1 atom stereocenters. The summed E-state index contributed by atoms with van der Waals surface area (Å²) in [6.45, 7) is 1.44. The zero-order valence-electron chi connectivity index (χ0n) is 15.1. The van der Waals surface area contributed by atoms with Crippen molar-refractivity contribution in [3.63, 3.8) is 0 Å². The van der Waals surface area contributed by atoms with Gasteiger partial charge in [-0.25, -0.2) is 9.97 Å². The molecule has 1 N–H and O–H groups in total. The van der Waals surface area contributed by atoms with Gasteiger partial charge in [0.2, 0.25) is 5.91 Å². The van der Waals surface area contributed by atoms with E-state index in [0.29, 0.717) is 18.1 Å². The summed E-state index contributed by atoms with van der Waals surface area (Å²) in [7, 11) is 0. The summed E-state index contributed by atoms with van der Waals surface area (Å²) in [4.78, 5) is 23.6. The minimum atomic E-state index is -0.142. The summed E-state index contributed by atoms with van der Waals surface area (Å²) in [6.07, 6.45) is 3.40. The van der Waals surface area contributed by atoms with Gasteiger partial charge in [-0.15, -0.1) is 0 Å². The molecule has 7 heteroatoms. The molecule has 1 aliphatic rings. The maximum absolute atomic E-state index is 12.8. The number of hydrogen-bond donors (Lipinski definition) is 1. The third kappa shape index (κ3) is 3.82. The molecule has 0 radical (unpaired) electrons. The Labute approximate surface area is 171 Å². The summed E-state index contributed by atoms with van der Waals surface area (Å²) in [5.74, 6) is 0.376. The third-order valence-corrected chi connectivity index (χ3v) is 5.39. The number of anilines is 2. The number of halogens is 1. The van der Waals surface area contributed by atoms with Gasteiger partial charge in [0, 0.05) is 34.8 Å². The minimum absolute atomic E-state index is 0.0293. The molecule has 6 nitrogen and oxygen atoms in total. The molecule has 3 heterocycles. The van der Waals surface area contributed by atoms with Crippen LogP contribution in [-0.4, -0.2) is 29.0 Å². The number of rotatable bonds is 3. The Balaban J connectivity index is 1.57. The molecule has 3 aromatic rings. The maximum Gasteiger partial charge on any atom is 0.230 e. The van der Waals surface area contributed by atoms with E-state index >= 15 is 0 Å². The molecule has 0 spiro atoms. The van der Waals surface area contributed by atoms with Crippen LogP contribution in [0.15, 0.2) is 53.1 Å². The van der Waals surface area contributed by atoms with E-state index in [4.69, 9.17) is 0 Å². The molecule has 0 saturated carbocycles. The molecule has 1 amide bonds. The van der Waals surface area contributed by atoms with Gasteiger partial charge in [0.15, 0.2) is 0 Å². The van der Waals surface area contributed by atoms with Crippen LogP contribution in [0.5, 0.6) is 0 Å². The average Bonchev–Trinajstić information content (AvgIpc) is 2.74. The van der Waals surface area contributed by atoms with Gasteiger partial charge in [0.05, 0.1) is 11.4 Å². The number of nitrogens with zero attached hydrogens (tertiary/aromatic N) is 4. The summed E-state index contributed by atoms with van der Waals surface area (Å²) in [5.41, 5.74) is 2.14. The van der Waals surface area contributed by atoms with Crippen molar-refractivity contribution >= 4 is 44.2 Å². The van der Waals surface area contributed by atoms with E-state index < -0.39 is 0 Å². The van der Waals surface area contributed by atoms with Crippen LogP contribution in [0.25, 0.3) is 10.9 Å². The van der Waals surface area contributed by atoms with Crippen molar-refractivity contribution in [2.75, 3.05) is 23.3 Å². The molecule has 1 aromatic carbocycles. The molecular formula is C21H18BrN5O. The largest absolute Gasteiger partial charge is 0.370 e. The maximum atomic E-state index is 12.8. The molecule has 1 unspecified atom stereocenters. The van der Waals surface area contributed by atoms with Crippen molar-refractivity contribution in [3.05, 3.63) is 58.8 Å². The second-order valence-corrected chi connectivity index (χ2v) is 7.71. The first kappa shape index (κ1) is 18.4. The van der Waals surface area contributed by atoms with Crippen LogP contribution in [0.1, 0.15) is 18.5 Å². The number of para-hydroxylation sites is 1. The van der Waals surface area contributed by atoms with E-state index in [2.05, 4.69) is 42.2 Å². The Kier molecular flexibility index (Phi) is 5.22. The number of piperidine rings is 1. The van der Waals surface area contributed by atoms with E-state index in [0.717, 1.165) is 40.4 Å². The van der Waals surface area contributed by atoms with E-state index in [-0.39, 0.29) is 11.8 Å². The molecule has 4 rings (SSSR count). The topological polar surface area (TPSA) is 81.9 Å². The first-order valence-corrected chi connectivity index (χ1v) is 9.90. The van der Waals surface area contributed by atoms with E-state index in [1.165, 1.54) is 0 Å². The van der Waals surface area contributed by atoms with Crippen molar-refractivity contribution in [2.45, 2.75) is 12.8 Å². The Morgan fingerprint density at radius 1 is 1.29 bits per heavy atom. The molecule has 0 aliphatic carbocycles. The fourth-order valence-electron chi connectivity index (χ4n) is 3.56. The molecule has 28 heavy (non-hydrogen) atoms. The lowest BCUT2D eigenvalue weighted by Crippen LogP contribution is -2.41. The smallest absolute Gasteiger partial charge is 0.230 e. The highest BCUT2D eigenvalue weighted by molar-refractivity contribution is 9.10. The van der Waals surface area contributed by atoms with Crippen LogP contribution in [0, 0.1) is 17.2 Å². The van der Waals surface area contributed by atoms with Gasteiger partial charge in [0.25, 0.3) is 0 Å². The summed E-state index contributed by atoms with van der Waals surface area (Å²) in [5, 5.41) is 13.2. The van der Waals surface area contributed by atoms with Gasteiger partial charge in [-0.1, -0.05) is 18.2 Å². The fourth-order valence-corrected chi connectivity index (χ4v) is 3.80. The van der Waals surface area contributed by atoms with Gasteiger partial charge in [-0.3, -0.25) is 4.79 Å². The number of aromatic nitrogens is 2. The summed E-state index contributed by atoms with van der Waals surface area (Å²) < 4.78 is 0.868. The number of nitriles is 1. The number of benzene rings is 1. The molecule has 140 valence electrons. The average molecular weight is 436 g/mol. The van der Waals surface area contributed by atoms with Gasteiger partial charge < -0.3 is 10.2 Å². The number of hydrogen-bond acceptors (Lipinski definition) is 5. The lowest BCUT2D eigenvalue weighted by atomic mass is 9.96. The molecule has 1 fully saturated rings. The number of pyridine rings is 2. The highest BCUT2D eigenvalue weighted by Crippen LogP contribution is 2.30. The lowest BCUT2D eigenvalue weighted by molar-refractivity contribution is -0.120. The van der Waals surface area contributed by atoms with Crippen LogP contribution in [-0.2, 0) is 4.79 Å². The van der Waals surface area contributed by atoms with E-state index in [1.807, 2.05) is 36.4 Å². The Hall–Kier alpha value is -2.98. The molecule has 1 aliphatic heterocycles. The van der Waals surface area contributed by atoms with Crippen molar-refractivity contribution in [1.29, 1.82) is 5.26 Å². The van der Waals surface area contributed by atoms with Crippen molar-refractivity contribution in [2.24, 2.45) is 5.92 Å². The highest BCUT2D eigenvalue weighted by atomic mass is 79.9. The zero-order chi connectivity index (χ0) is 19.5. The quantitative estimate of drug-likeness (QED) is 0.668. The predicted octanol–water partition coefficient (Wildman–Crippen LogP) is 4.12. The Morgan fingerprint density at radius 3 is 2.93 bits per heavy atom. The number of carbonyl (C=O) groups is 1. The predicted molar refractivity (Wildman–Crippen MR) is 112 cm³/mol. The van der Waals surface area contributed by atoms with E-state index in [9.17, 15) is 10.1 Å². The normalized spacial score (nSPS) is 16.6. The van der Waals surface area contributed by atoms with Crippen LogP contribution in [0.3, 0.4) is 0 Å². The molecule has 2 aromatic heterocycles. The Morgan fingerprint density at radius 2 is 2.14 bits per heavy atom. The number of carbonyl (C=O) groups excluding carboxylic acids is 1. The van der Waals surface area contributed by atoms with Gasteiger partial charge in [-0.05, 0) is 53.0 Å². The number of fused-ring (bicyclic) bond motifs is 1. The monoisotopic (exact) mass is 435 g/mol. The van der Waals surface area contributed by atoms with Crippen molar-refractivity contribution in [1.82, 2.24) is 9.97 Å². The number of nitrogens with one attached hydrogen (secondary N) is 1. The highest BCUT2D eigenvalue weighted by Gasteiger charge is 2.27. The second-order valence-electron chi connectivity index (χ2n) is 6.79. The SMILES string of the molecule is N#Cc1cc(N2CCCC(C(=O)Nc3ccc(Br)cn3)C2)c2ccccc2n1. The standard InChI is InChI=1S/C21H18BrN5O/c22-15-7-8-20(24-12-15)26-21(28)14-4-3-9-27(13-14)19-10-16(11-23)25-18-6-2-1-5-17(18)19/h1-2,5-8,10,12,14H,3-4,9,13H2,(H,24,26,28). The van der Waals surface area contributed by atoms with Gasteiger partial charge in [-0.2, -0.15) is 5.26 Å². The molecular weight excluding hydrogens is 418 g/mol. The third-order valence-electron chi connectivity index (χ3n) is 4.92. The minimum Gasteiger partial charge on any atom is -0.370 e. The molecule has 1 saturated heterocycles. The van der Waals surface area contributed by atoms with E-state index in [1.54, 1.807) is 12.3 Å². The van der Waals surface area contributed by atoms with Crippen molar-refractivity contribution < 1.29 is 4.79 Å². The van der Waals surface area contributed by atoms with Crippen LogP contribution in [0.2, 0.25) is 0 Å².